The van der Waals surface area contributed by atoms with E-state index in [4.69, 9.17) is 23.2 Å². The zero-order valence-corrected chi connectivity index (χ0v) is 24.1. The summed E-state index contributed by atoms with van der Waals surface area (Å²) in [6.45, 7) is 4.66. The van der Waals surface area contributed by atoms with Gasteiger partial charge in [0.05, 0.1) is 15.6 Å². The van der Waals surface area contributed by atoms with E-state index in [1.54, 1.807) is 39.0 Å². The molecule has 7 nitrogen and oxygen atoms in total. The van der Waals surface area contributed by atoms with Gasteiger partial charge in [-0.05, 0) is 68.3 Å². The molecule has 0 bridgehead atoms. The Morgan fingerprint density at radius 1 is 0.974 bits per heavy atom. The fourth-order valence-corrected chi connectivity index (χ4v) is 6.02. The molecule has 0 aliphatic heterocycles. The SMILES string of the molecule is CC[C@H](C(=O)NC(C)C)N(Cc1ccc(F)cc1)C(=O)CN(c1ccc(Cl)cc1Cl)S(=O)(=O)c1ccccc1. The Morgan fingerprint density at radius 3 is 2.18 bits per heavy atom. The topological polar surface area (TPSA) is 86.8 Å². The summed E-state index contributed by atoms with van der Waals surface area (Å²) < 4.78 is 42.0. The Morgan fingerprint density at radius 2 is 1.62 bits per heavy atom. The molecule has 1 atom stereocenters. The first-order valence-electron chi connectivity index (χ1n) is 12.3. The van der Waals surface area contributed by atoms with Crippen LogP contribution < -0.4 is 9.62 Å². The predicted octanol–water partition coefficient (Wildman–Crippen LogP) is 5.66. The highest BCUT2D eigenvalue weighted by Gasteiger charge is 2.34. The van der Waals surface area contributed by atoms with Crippen LogP contribution in [0, 0.1) is 5.82 Å². The summed E-state index contributed by atoms with van der Waals surface area (Å²) >= 11 is 12.5. The molecule has 11 heteroatoms. The quantitative estimate of drug-likeness (QED) is 0.311. The van der Waals surface area contributed by atoms with Crippen molar-refractivity contribution in [3.05, 3.63) is 94.2 Å². The van der Waals surface area contributed by atoms with Gasteiger partial charge >= 0.3 is 0 Å². The number of hydrogen-bond donors (Lipinski definition) is 1. The fourth-order valence-electron chi connectivity index (χ4n) is 4.00. The monoisotopic (exact) mass is 593 g/mol. The number of carbonyl (C=O) groups is 2. The summed E-state index contributed by atoms with van der Waals surface area (Å²) in [7, 11) is -4.26. The molecule has 0 radical (unpaired) electrons. The van der Waals surface area contributed by atoms with E-state index in [1.165, 1.54) is 59.5 Å². The average Bonchev–Trinajstić information content (AvgIpc) is 2.88. The summed E-state index contributed by atoms with van der Waals surface area (Å²) in [4.78, 5) is 28.3. The molecular formula is C28H30Cl2FN3O4S. The molecule has 0 saturated carbocycles. The molecule has 208 valence electrons. The van der Waals surface area contributed by atoms with Crippen molar-refractivity contribution in [2.24, 2.45) is 0 Å². The molecule has 2 amide bonds. The van der Waals surface area contributed by atoms with E-state index in [0.29, 0.717) is 10.6 Å². The number of nitrogens with zero attached hydrogens (tertiary/aromatic N) is 2. The molecule has 0 spiro atoms. The van der Waals surface area contributed by atoms with Gasteiger partial charge in [0.1, 0.15) is 18.4 Å². The van der Waals surface area contributed by atoms with Crippen molar-refractivity contribution in [2.75, 3.05) is 10.8 Å². The van der Waals surface area contributed by atoms with Gasteiger partial charge in [0.25, 0.3) is 10.0 Å². The minimum atomic E-state index is -4.26. The number of sulfonamides is 1. The lowest BCUT2D eigenvalue weighted by Gasteiger charge is -2.33. The third kappa shape index (κ3) is 7.71. The molecule has 3 rings (SSSR count). The highest BCUT2D eigenvalue weighted by Crippen LogP contribution is 2.33. The molecule has 39 heavy (non-hydrogen) atoms. The fraction of sp³-hybridized carbons (Fsp3) is 0.286. The van der Waals surface area contributed by atoms with Gasteiger partial charge in [-0.3, -0.25) is 13.9 Å². The van der Waals surface area contributed by atoms with E-state index in [9.17, 15) is 22.4 Å². The standard InChI is InChI=1S/C28H30Cl2FN3O4S/c1-4-25(28(36)32-19(2)3)33(17-20-10-13-22(31)14-11-20)27(35)18-34(26-15-12-21(29)16-24(26)30)39(37,38)23-8-6-5-7-9-23/h5-16,19,25H,4,17-18H2,1-3H3,(H,32,36)/t25-/m1/s1. The molecular weight excluding hydrogens is 564 g/mol. The number of amides is 2. The van der Waals surface area contributed by atoms with Crippen molar-refractivity contribution in [3.63, 3.8) is 0 Å². The van der Waals surface area contributed by atoms with E-state index >= 15 is 0 Å². The number of benzene rings is 3. The molecule has 3 aromatic carbocycles. The van der Waals surface area contributed by atoms with Crippen LogP contribution in [0.1, 0.15) is 32.8 Å². The summed E-state index contributed by atoms with van der Waals surface area (Å²) in [5.74, 6) is -1.47. The largest absolute Gasteiger partial charge is 0.352 e. The maximum Gasteiger partial charge on any atom is 0.264 e. The zero-order valence-electron chi connectivity index (χ0n) is 21.8. The van der Waals surface area contributed by atoms with Gasteiger partial charge in [0.15, 0.2) is 0 Å². The van der Waals surface area contributed by atoms with Crippen molar-refractivity contribution < 1.29 is 22.4 Å². The number of anilines is 1. The lowest BCUT2D eigenvalue weighted by molar-refractivity contribution is -0.140. The summed E-state index contributed by atoms with van der Waals surface area (Å²) in [5, 5.41) is 3.14. The lowest BCUT2D eigenvalue weighted by Crippen LogP contribution is -2.53. The molecule has 0 fully saturated rings. The molecule has 0 aromatic heterocycles. The maximum atomic E-state index is 13.9. The van der Waals surface area contributed by atoms with Gasteiger partial charge in [-0.1, -0.05) is 60.5 Å². The first-order chi connectivity index (χ1) is 18.4. The van der Waals surface area contributed by atoms with Crippen molar-refractivity contribution in [1.82, 2.24) is 10.2 Å². The van der Waals surface area contributed by atoms with Crippen LogP contribution in [0.2, 0.25) is 10.0 Å². The van der Waals surface area contributed by atoms with E-state index in [0.717, 1.165) is 4.31 Å². The van der Waals surface area contributed by atoms with E-state index in [1.807, 2.05) is 0 Å². The van der Waals surface area contributed by atoms with Crippen molar-refractivity contribution in [2.45, 2.75) is 50.7 Å². The minimum absolute atomic E-state index is 0.0319. The Bertz CT molecular complexity index is 1400. The summed E-state index contributed by atoms with van der Waals surface area (Å²) in [6.07, 6.45) is 0.263. The first-order valence-corrected chi connectivity index (χ1v) is 14.5. The van der Waals surface area contributed by atoms with Crippen molar-refractivity contribution >= 4 is 50.7 Å². The molecule has 3 aromatic rings. The Hall–Kier alpha value is -3.14. The summed E-state index contributed by atoms with van der Waals surface area (Å²) in [6, 6.07) is 16.4. The normalized spacial score (nSPS) is 12.2. The number of nitrogens with one attached hydrogen (secondary N) is 1. The van der Waals surface area contributed by atoms with Crippen LogP contribution in [0.5, 0.6) is 0 Å². The number of halogens is 3. The molecule has 0 saturated heterocycles. The van der Waals surface area contributed by atoms with Gasteiger partial charge in [-0.15, -0.1) is 0 Å². The van der Waals surface area contributed by atoms with Crippen LogP contribution in [-0.2, 0) is 26.2 Å². The van der Waals surface area contributed by atoms with E-state index < -0.39 is 34.3 Å². The second-order valence-electron chi connectivity index (χ2n) is 9.16. The Kier molecular flexibility index (Phi) is 10.4. The van der Waals surface area contributed by atoms with Crippen LogP contribution in [0.3, 0.4) is 0 Å². The zero-order chi connectivity index (χ0) is 28.7. The maximum absolute atomic E-state index is 13.9. The van der Waals surface area contributed by atoms with Gasteiger partial charge in [0.2, 0.25) is 11.8 Å². The van der Waals surface area contributed by atoms with Crippen molar-refractivity contribution in [3.8, 4) is 0 Å². The highest BCUT2D eigenvalue weighted by molar-refractivity contribution is 7.92. The highest BCUT2D eigenvalue weighted by atomic mass is 35.5. The average molecular weight is 595 g/mol. The lowest BCUT2D eigenvalue weighted by atomic mass is 10.1. The van der Waals surface area contributed by atoms with Crippen LogP contribution in [-0.4, -0.2) is 43.8 Å². The van der Waals surface area contributed by atoms with Crippen LogP contribution >= 0.6 is 23.2 Å². The number of hydrogen-bond acceptors (Lipinski definition) is 4. The molecule has 1 N–H and O–H groups in total. The Labute approximate surface area is 238 Å². The van der Waals surface area contributed by atoms with E-state index in [2.05, 4.69) is 5.32 Å². The van der Waals surface area contributed by atoms with Gasteiger partial charge in [-0.2, -0.15) is 0 Å². The third-order valence-corrected chi connectivity index (χ3v) is 8.18. The van der Waals surface area contributed by atoms with Gasteiger partial charge in [-0.25, -0.2) is 12.8 Å². The van der Waals surface area contributed by atoms with E-state index in [-0.39, 0.29) is 40.5 Å². The van der Waals surface area contributed by atoms with Crippen LogP contribution in [0.25, 0.3) is 0 Å². The smallest absolute Gasteiger partial charge is 0.264 e. The number of rotatable bonds is 11. The molecule has 0 unspecified atom stereocenters. The molecule has 0 heterocycles. The first kappa shape index (κ1) is 30.4. The second kappa shape index (κ2) is 13.3. The second-order valence-corrected chi connectivity index (χ2v) is 11.9. The number of carbonyl (C=O) groups excluding carboxylic acids is 2. The van der Waals surface area contributed by atoms with Gasteiger partial charge in [0, 0.05) is 17.6 Å². The van der Waals surface area contributed by atoms with Crippen molar-refractivity contribution in [1.29, 1.82) is 0 Å². The minimum Gasteiger partial charge on any atom is -0.352 e. The van der Waals surface area contributed by atoms with Gasteiger partial charge < -0.3 is 10.2 Å². The molecule has 0 aliphatic rings. The summed E-state index contributed by atoms with van der Waals surface area (Å²) in [5.41, 5.74) is 0.627. The van der Waals surface area contributed by atoms with Crippen LogP contribution in [0.4, 0.5) is 10.1 Å². The molecule has 0 aliphatic carbocycles. The Balaban J connectivity index is 2.08. The van der Waals surface area contributed by atoms with Crippen LogP contribution in [0.15, 0.2) is 77.7 Å². The third-order valence-electron chi connectivity index (χ3n) is 5.87. The predicted molar refractivity (Wildman–Crippen MR) is 152 cm³/mol.